The van der Waals surface area contributed by atoms with Crippen LogP contribution < -0.4 is 4.74 Å². The Morgan fingerprint density at radius 1 is 1.52 bits per heavy atom. The predicted molar refractivity (Wildman–Crippen MR) is 78.5 cm³/mol. The summed E-state index contributed by atoms with van der Waals surface area (Å²) in [6.45, 7) is 7.40. The maximum atomic E-state index is 12.0. The zero-order valence-corrected chi connectivity index (χ0v) is 13.3. The Hall–Kier alpha value is -1.56. The van der Waals surface area contributed by atoms with Gasteiger partial charge in [-0.25, -0.2) is 9.78 Å². The summed E-state index contributed by atoms with van der Waals surface area (Å²) in [6, 6.07) is 1.66. The lowest BCUT2D eigenvalue weighted by Gasteiger charge is -2.24. The Kier molecular flexibility index (Phi) is 4.88. The van der Waals surface area contributed by atoms with E-state index in [9.17, 15) is 4.79 Å². The van der Waals surface area contributed by atoms with Gasteiger partial charge in [0.15, 0.2) is 0 Å². The summed E-state index contributed by atoms with van der Waals surface area (Å²) in [7, 11) is 0. The number of hydrogen-bond acceptors (Lipinski definition) is 5. The minimum absolute atomic E-state index is 0.161. The van der Waals surface area contributed by atoms with E-state index in [0.29, 0.717) is 25.6 Å². The van der Waals surface area contributed by atoms with E-state index in [2.05, 4.69) is 9.97 Å². The van der Waals surface area contributed by atoms with Crippen molar-refractivity contribution in [3.05, 3.63) is 17.5 Å². The summed E-state index contributed by atoms with van der Waals surface area (Å²) in [5.74, 6) is 0.719. The maximum Gasteiger partial charge on any atom is 0.410 e. The van der Waals surface area contributed by atoms with Gasteiger partial charge in [0, 0.05) is 31.3 Å². The van der Waals surface area contributed by atoms with Gasteiger partial charge in [0.05, 0.1) is 6.61 Å². The van der Waals surface area contributed by atoms with Gasteiger partial charge in [-0.3, -0.25) is 0 Å². The highest BCUT2D eigenvalue weighted by atomic mass is 35.5. The molecule has 1 amide bonds. The van der Waals surface area contributed by atoms with Crippen molar-refractivity contribution in [1.82, 2.24) is 14.9 Å². The number of likely N-dealkylation sites (tertiary alicyclic amines) is 1. The molecule has 7 heteroatoms. The van der Waals surface area contributed by atoms with E-state index in [4.69, 9.17) is 21.1 Å². The third-order valence-electron chi connectivity index (χ3n) is 3.01. The first-order chi connectivity index (χ1) is 9.83. The van der Waals surface area contributed by atoms with Crippen LogP contribution in [0.15, 0.2) is 12.3 Å². The van der Waals surface area contributed by atoms with E-state index in [1.54, 1.807) is 17.2 Å². The fourth-order valence-corrected chi connectivity index (χ4v) is 2.20. The minimum Gasteiger partial charge on any atom is -0.477 e. The van der Waals surface area contributed by atoms with Gasteiger partial charge in [-0.05, 0) is 38.8 Å². The molecular formula is C14H20ClN3O3. The van der Waals surface area contributed by atoms with E-state index in [0.717, 1.165) is 6.42 Å². The summed E-state index contributed by atoms with van der Waals surface area (Å²) < 4.78 is 10.9. The highest BCUT2D eigenvalue weighted by Crippen LogP contribution is 2.20. The average Bonchev–Trinajstić information content (AvgIpc) is 2.83. The fourth-order valence-electron chi connectivity index (χ4n) is 2.06. The summed E-state index contributed by atoms with van der Waals surface area (Å²) in [5, 5.41) is 0.161. The van der Waals surface area contributed by atoms with Crippen LogP contribution in [0.25, 0.3) is 0 Å². The van der Waals surface area contributed by atoms with Gasteiger partial charge < -0.3 is 14.4 Å². The molecule has 0 N–H and O–H groups in total. The van der Waals surface area contributed by atoms with E-state index in [1.807, 2.05) is 20.8 Å². The SMILES string of the molecule is CC(C)(C)OC(=O)N1CC[C@H](COc2ccnc(Cl)n2)C1. The number of hydrogen-bond donors (Lipinski definition) is 0. The molecule has 1 saturated heterocycles. The van der Waals surface area contributed by atoms with Crippen LogP contribution in [0, 0.1) is 5.92 Å². The number of amides is 1. The van der Waals surface area contributed by atoms with E-state index in [-0.39, 0.29) is 17.3 Å². The van der Waals surface area contributed by atoms with Crippen molar-refractivity contribution >= 4 is 17.7 Å². The molecule has 2 heterocycles. The standard InChI is InChI=1S/C14H20ClN3O3/c1-14(2,3)21-13(19)18-7-5-10(8-18)9-20-11-4-6-16-12(15)17-11/h4,6,10H,5,7-9H2,1-3H3/t10-/m0/s1. The van der Waals surface area contributed by atoms with Gasteiger partial charge in [0.25, 0.3) is 0 Å². The molecule has 1 aliphatic rings. The fraction of sp³-hybridized carbons (Fsp3) is 0.643. The molecule has 1 aromatic rings. The van der Waals surface area contributed by atoms with Gasteiger partial charge in [-0.2, -0.15) is 4.98 Å². The average molecular weight is 314 g/mol. The number of nitrogens with zero attached hydrogens (tertiary/aromatic N) is 3. The number of ether oxygens (including phenoxy) is 2. The third-order valence-corrected chi connectivity index (χ3v) is 3.19. The smallest absolute Gasteiger partial charge is 0.410 e. The first kappa shape index (κ1) is 15.8. The summed E-state index contributed by atoms with van der Waals surface area (Å²) in [5.41, 5.74) is -0.469. The third kappa shape index (κ3) is 5.04. The molecule has 0 saturated carbocycles. The van der Waals surface area contributed by atoms with Crippen LogP contribution in [0.1, 0.15) is 27.2 Å². The van der Waals surface area contributed by atoms with Crippen LogP contribution in [0.4, 0.5) is 4.79 Å². The van der Waals surface area contributed by atoms with Crippen molar-refractivity contribution in [1.29, 1.82) is 0 Å². The largest absolute Gasteiger partial charge is 0.477 e. The maximum absolute atomic E-state index is 12.0. The highest BCUT2D eigenvalue weighted by Gasteiger charge is 2.30. The first-order valence-corrected chi connectivity index (χ1v) is 7.30. The second-order valence-electron chi connectivity index (χ2n) is 6.06. The predicted octanol–water partition coefficient (Wildman–Crippen LogP) is 2.77. The molecule has 0 aliphatic carbocycles. The van der Waals surface area contributed by atoms with Crippen LogP contribution in [-0.4, -0.2) is 46.3 Å². The number of aromatic nitrogens is 2. The molecule has 6 nitrogen and oxygen atoms in total. The molecule has 1 atom stereocenters. The lowest BCUT2D eigenvalue weighted by Crippen LogP contribution is -2.35. The van der Waals surface area contributed by atoms with Gasteiger partial charge >= 0.3 is 6.09 Å². The molecular weight excluding hydrogens is 294 g/mol. The van der Waals surface area contributed by atoms with Crippen molar-refractivity contribution in [3.8, 4) is 5.88 Å². The van der Waals surface area contributed by atoms with Crippen LogP contribution in [-0.2, 0) is 4.74 Å². The molecule has 0 unspecified atom stereocenters. The van der Waals surface area contributed by atoms with Crippen molar-refractivity contribution < 1.29 is 14.3 Å². The molecule has 1 fully saturated rings. The van der Waals surface area contributed by atoms with Crippen molar-refractivity contribution in [2.75, 3.05) is 19.7 Å². The Morgan fingerprint density at radius 2 is 2.29 bits per heavy atom. The molecule has 0 spiro atoms. The Morgan fingerprint density at radius 3 is 2.95 bits per heavy atom. The topological polar surface area (TPSA) is 64.5 Å². The van der Waals surface area contributed by atoms with Crippen LogP contribution in [0.5, 0.6) is 5.88 Å². The zero-order valence-electron chi connectivity index (χ0n) is 12.5. The quantitative estimate of drug-likeness (QED) is 0.803. The Balaban J connectivity index is 1.79. The number of carbonyl (C=O) groups is 1. The van der Waals surface area contributed by atoms with Gasteiger partial charge in [-0.1, -0.05) is 0 Å². The molecule has 21 heavy (non-hydrogen) atoms. The lowest BCUT2D eigenvalue weighted by atomic mass is 10.1. The van der Waals surface area contributed by atoms with E-state index in [1.165, 1.54) is 0 Å². The van der Waals surface area contributed by atoms with Gasteiger partial charge in [0.2, 0.25) is 11.2 Å². The van der Waals surface area contributed by atoms with E-state index >= 15 is 0 Å². The second kappa shape index (κ2) is 6.47. The van der Waals surface area contributed by atoms with Gasteiger partial charge in [-0.15, -0.1) is 0 Å². The second-order valence-corrected chi connectivity index (χ2v) is 6.39. The molecule has 1 aromatic heterocycles. The number of halogens is 1. The van der Waals surface area contributed by atoms with Crippen molar-refractivity contribution in [2.45, 2.75) is 32.8 Å². The summed E-state index contributed by atoms with van der Waals surface area (Å²) in [4.78, 5) is 21.4. The molecule has 0 bridgehead atoms. The molecule has 0 radical (unpaired) electrons. The summed E-state index contributed by atoms with van der Waals surface area (Å²) >= 11 is 5.69. The van der Waals surface area contributed by atoms with Crippen molar-refractivity contribution in [3.63, 3.8) is 0 Å². The van der Waals surface area contributed by atoms with Crippen LogP contribution in [0.3, 0.4) is 0 Å². The van der Waals surface area contributed by atoms with Gasteiger partial charge in [0.1, 0.15) is 5.60 Å². The highest BCUT2D eigenvalue weighted by molar-refractivity contribution is 6.28. The molecule has 116 valence electrons. The molecule has 1 aliphatic heterocycles. The molecule has 0 aromatic carbocycles. The zero-order chi connectivity index (χ0) is 15.5. The van der Waals surface area contributed by atoms with E-state index < -0.39 is 5.60 Å². The van der Waals surface area contributed by atoms with Crippen molar-refractivity contribution in [2.24, 2.45) is 5.92 Å². The number of carbonyl (C=O) groups excluding carboxylic acids is 1. The number of rotatable bonds is 3. The molecule has 2 rings (SSSR count). The van der Waals surface area contributed by atoms with Crippen LogP contribution in [0.2, 0.25) is 5.28 Å². The summed E-state index contributed by atoms with van der Waals surface area (Å²) in [6.07, 6.45) is 2.17. The Labute approximate surface area is 129 Å². The normalized spacial score (nSPS) is 18.7. The first-order valence-electron chi connectivity index (χ1n) is 6.93. The Bertz CT molecular complexity index is 504. The monoisotopic (exact) mass is 313 g/mol. The van der Waals surface area contributed by atoms with Crippen LogP contribution >= 0.6 is 11.6 Å². The lowest BCUT2D eigenvalue weighted by molar-refractivity contribution is 0.0284. The minimum atomic E-state index is -0.469.